The van der Waals surface area contributed by atoms with Gasteiger partial charge in [0.2, 0.25) is 0 Å². The Morgan fingerprint density at radius 3 is 0.920 bits per heavy atom. The summed E-state index contributed by atoms with van der Waals surface area (Å²) in [7, 11) is 0. The van der Waals surface area contributed by atoms with Crippen molar-refractivity contribution in [2.45, 2.75) is 0 Å². The van der Waals surface area contributed by atoms with Gasteiger partial charge in [0, 0.05) is 71.6 Å². The number of nitriles is 1. The summed E-state index contributed by atoms with van der Waals surface area (Å²) in [6, 6.07) is 114. The highest BCUT2D eigenvalue weighted by molar-refractivity contribution is 6.13. The molecule has 0 spiro atoms. The first-order valence-corrected chi connectivity index (χ1v) is 33.0. The van der Waals surface area contributed by atoms with Crippen LogP contribution in [0, 0.1) is 11.3 Å². The predicted molar refractivity (Wildman–Crippen MR) is 400 cm³/mol. The van der Waals surface area contributed by atoms with Crippen molar-refractivity contribution in [3.8, 4) is 142 Å². The summed E-state index contributed by atoms with van der Waals surface area (Å²) in [6.07, 6.45) is 0. The third kappa shape index (κ3) is 10.7. The number of benzene rings is 13. The second-order valence-corrected chi connectivity index (χ2v) is 24.4. The zero-order valence-corrected chi connectivity index (χ0v) is 53.5. The summed E-state index contributed by atoms with van der Waals surface area (Å²) in [4.78, 5) is 47.3. The molecule has 466 valence electrons. The molecule has 0 aliphatic rings. The highest BCUT2D eigenvalue weighted by Gasteiger charge is 2.27. The Balaban J connectivity index is 0.902. The van der Waals surface area contributed by atoms with Gasteiger partial charge in [0.25, 0.3) is 0 Å². The maximum absolute atomic E-state index is 10.0. The second-order valence-electron chi connectivity index (χ2n) is 24.4. The lowest BCUT2D eigenvalue weighted by Gasteiger charge is -2.21. The fraction of sp³-hybridized carbons (Fsp3) is 0. The first kappa shape index (κ1) is 58.5. The number of nitrogens with zero attached hydrogens (tertiary/aromatic N) is 12. The van der Waals surface area contributed by atoms with Crippen LogP contribution < -0.4 is 0 Å². The molecular formula is C88H54N12. The number of fused-ring (bicyclic) bond motifs is 6. The molecular weight excluding hydrogens is 1230 g/mol. The van der Waals surface area contributed by atoms with Gasteiger partial charge in [-0.05, 0) is 95.6 Å². The zero-order chi connectivity index (χ0) is 66.5. The van der Waals surface area contributed by atoms with Crippen molar-refractivity contribution in [1.82, 2.24) is 54.0 Å². The summed E-state index contributed by atoms with van der Waals surface area (Å²) in [5, 5.41) is 14.1. The summed E-state index contributed by atoms with van der Waals surface area (Å²) in [5.74, 6) is 4.96. The molecule has 0 saturated heterocycles. The Kier molecular flexibility index (Phi) is 14.6. The van der Waals surface area contributed by atoms with E-state index in [0.29, 0.717) is 58.0 Å². The van der Waals surface area contributed by atoms with Gasteiger partial charge in [0.05, 0.1) is 50.6 Å². The maximum Gasteiger partial charge on any atom is 0.166 e. The molecule has 13 aromatic carbocycles. The Morgan fingerprint density at radius 1 is 0.210 bits per heavy atom. The molecule has 0 N–H and O–H groups in total. The molecule has 18 rings (SSSR count). The molecule has 0 fully saturated rings. The van der Waals surface area contributed by atoms with Gasteiger partial charge in [-0.2, -0.15) is 5.26 Å². The van der Waals surface area contributed by atoms with Crippen LogP contribution in [0.15, 0.2) is 328 Å². The van der Waals surface area contributed by atoms with Crippen molar-refractivity contribution >= 4 is 43.6 Å². The van der Waals surface area contributed by atoms with Crippen LogP contribution in [0.25, 0.3) is 180 Å². The summed E-state index contributed by atoms with van der Waals surface area (Å²) in [6.45, 7) is 0. The largest absolute Gasteiger partial charge is 0.309 e. The molecule has 0 atom stereocenters. The van der Waals surface area contributed by atoms with Gasteiger partial charge >= 0.3 is 0 Å². The first-order valence-electron chi connectivity index (χ1n) is 33.0. The lowest BCUT2D eigenvalue weighted by molar-refractivity contribution is 1.06. The Bertz CT molecular complexity index is 6020. The zero-order valence-electron chi connectivity index (χ0n) is 53.5. The van der Waals surface area contributed by atoms with Crippen molar-refractivity contribution in [2.75, 3.05) is 0 Å². The molecule has 0 unspecified atom stereocenters. The van der Waals surface area contributed by atoms with E-state index in [2.05, 4.69) is 137 Å². The third-order valence-corrected chi connectivity index (χ3v) is 18.3. The Hall–Kier alpha value is -14.0. The standard InChI is InChI=1S/C88H54N12/c89-55-56-42-44-57(45-43-56)64-46-49-77(99-73-39-21-19-36-67(73)70-53-65(47-50-75(70)99)86-93-80(58-24-7-1-8-25-58)90-81(94-86)59-26-9-2-10-27-59)72(52-64)69-38-23-41-78(79(69)88-97-84(62-32-15-5-16-33-62)92-85(98-88)63-34-17-6-18-35-63)100-74-40-22-20-37-68(74)71-54-66(48-51-76(71)100)87-95-82(60-28-11-3-12-29-60)91-83(96-87)61-30-13-4-14-31-61/h1-54H. The van der Waals surface area contributed by atoms with Crippen molar-refractivity contribution in [1.29, 1.82) is 5.26 Å². The predicted octanol–water partition coefficient (Wildman–Crippen LogP) is 20.6. The summed E-state index contributed by atoms with van der Waals surface area (Å²) >= 11 is 0. The van der Waals surface area contributed by atoms with Gasteiger partial charge in [-0.1, -0.05) is 249 Å². The van der Waals surface area contributed by atoms with E-state index in [1.54, 1.807) is 0 Å². The highest BCUT2D eigenvalue weighted by atomic mass is 15.1. The minimum absolute atomic E-state index is 0.469. The molecule has 12 heteroatoms. The van der Waals surface area contributed by atoms with Crippen molar-refractivity contribution in [2.24, 2.45) is 0 Å². The molecule has 5 heterocycles. The second kappa shape index (κ2) is 25.0. The smallest absolute Gasteiger partial charge is 0.166 e. The monoisotopic (exact) mass is 1280 g/mol. The molecule has 5 aromatic heterocycles. The van der Waals surface area contributed by atoms with Crippen molar-refractivity contribution in [3.63, 3.8) is 0 Å². The van der Waals surface area contributed by atoms with Gasteiger partial charge in [-0.25, -0.2) is 44.9 Å². The molecule has 18 aromatic rings. The van der Waals surface area contributed by atoms with Crippen LogP contribution in [0.3, 0.4) is 0 Å². The Labute approximate surface area is 574 Å². The SMILES string of the molecule is N#Cc1ccc(-c2ccc(-n3c4ccccc4c4cc(-c5nc(-c6ccccc6)nc(-c6ccccc6)n5)ccc43)c(-c3cccc(-n4c5ccccc5c5cc(-c6nc(-c7ccccc7)nc(-c7ccccc7)n6)ccc54)c3-c3nc(-c4ccccc4)nc(-c4ccccc4)n3)c2)cc1. The molecule has 12 nitrogen and oxygen atoms in total. The van der Waals surface area contributed by atoms with E-state index in [1.165, 1.54) is 0 Å². The van der Waals surface area contributed by atoms with Crippen LogP contribution >= 0.6 is 0 Å². The van der Waals surface area contributed by atoms with Crippen LogP contribution in [-0.2, 0) is 0 Å². The quantitative estimate of drug-likeness (QED) is 0.109. The van der Waals surface area contributed by atoms with Crippen molar-refractivity contribution in [3.05, 3.63) is 333 Å². The molecule has 0 amide bonds. The third-order valence-electron chi connectivity index (χ3n) is 18.3. The first-order chi connectivity index (χ1) is 49.5. The number of aromatic nitrogens is 11. The van der Waals surface area contributed by atoms with Gasteiger partial charge in [-0.3, -0.25) is 0 Å². The maximum atomic E-state index is 10.0. The minimum atomic E-state index is 0.469. The van der Waals surface area contributed by atoms with E-state index < -0.39 is 0 Å². The highest BCUT2D eigenvalue weighted by Crippen LogP contribution is 2.46. The van der Waals surface area contributed by atoms with Crippen LogP contribution in [0.4, 0.5) is 0 Å². The van der Waals surface area contributed by atoms with E-state index in [9.17, 15) is 5.26 Å². The van der Waals surface area contributed by atoms with Crippen LogP contribution in [0.5, 0.6) is 0 Å². The topological polar surface area (TPSA) is 150 Å². The molecule has 100 heavy (non-hydrogen) atoms. The molecule has 0 radical (unpaired) electrons. The van der Waals surface area contributed by atoms with E-state index in [1.807, 2.05) is 206 Å². The van der Waals surface area contributed by atoms with Gasteiger partial charge in [0.1, 0.15) is 0 Å². The van der Waals surface area contributed by atoms with E-state index in [-0.39, 0.29) is 0 Å². The van der Waals surface area contributed by atoms with E-state index in [4.69, 9.17) is 44.9 Å². The molecule has 0 aliphatic heterocycles. The molecule has 0 bridgehead atoms. The van der Waals surface area contributed by atoms with Crippen LogP contribution in [0.1, 0.15) is 5.56 Å². The van der Waals surface area contributed by atoms with Gasteiger partial charge in [0.15, 0.2) is 52.4 Å². The average molecular weight is 1280 g/mol. The lowest BCUT2D eigenvalue weighted by atomic mass is 9.92. The number of rotatable bonds is 13. The number of hydrogen-bond donors (Lipinski definition) is 0. The van der Waals surface area contributed by atoms with Crippen LogP contribution in [0.2, 0.25) is 0 Å². The number of hydrogen-bond acceptors (Lipinski definition) is 10. The Morgan fingerprint density at radius 2 is 0.530 bits per heavy atom. The van der Waals surface area contributed by atoms with Gasteiger partial charge < -0.3 is 9.13 Å². The van der Waals surface area contributed by atoms with Crippen LogP contribution in [-0.4, -0.2) is 54.0 Å². The normalized spacial score (nSPS) is 11.4. The lowest BCUT2D eigenvalue weighted by Crippen LogP contribution is -2.06. The fourth-order valence-electron chi connectivity index (χ4n) is 13.6. The minimum Gasteiger partial charge on any atom is -0.309 e. The molecule has 0 aliphatic carbocycles. The summed E-state index contributed by atoms with van der Waals surface area (Å²) < 4.78 is 4.72. The average Bonchev–Trinajstić information content (AvgIpc) is 1.53. The van der Waals surface area contributed by atoms with Gasteiger partial charge in [-0.15, -0.1) is 0 Å². The summed E-state index contributed by atoms with van der Waals surface area (Å²) in [5.41, 5.74) is 17.5. The molecule has 0 saturated carbocycles. The fourth-order valence-corrected chi connectivity index (χ4v) is 13.6. The van der Waals surface area contributed by atoms with E-state index >= 15 is 0 Å². The number of para-hydroxylation sites is 2. The van der Waals surface area contributed by atoms with E-state index in [0.717, 1.165) is 127 Å². The van der Waals surface area contributed by atoms with Crippen molar-refractivity contribution < 1.29 is 0 Å².